The molecule has 0 aliphatic carbocycles. The van der Waals surface area contributed by atoms with Gasteiger partial charge in [-0.25, -0.2) is 9.35 Å². The molecule has 0 radical (unpaired) electrons. The van der Waals surface area contributed by atoms with Crippen LogP contribution in [0, 0.1) is 0 Å². The molecule has 2 aromatic carbocycles. The first kappa shape index (κ1) is 28.9. The number of aldehydes is 1. The molecule has 1 atom stereocenters. The van der Waals surface area contributed by atoms with Crippen molar-refractivity contribution < 1.29 is 18.8 Å². The first-order chi connectivity index (χ1) is 16.1. The van der Waals surface area contributed by atoms with Crippen LogP contribution in [-0.2, 0) is 26.9 Å². The molecule has 0 spiro atoms. The van der Waals surface area contributed by atoms with Gasteiger partial charge < -0.3 is 19.5 Å². The van der Waals surface area contributed by atoms with Gasteiger partial charge in [0.25, 0.3) is 0 Å². The molecule has 0 saturated carbocycles. The SMILES string of the molecule is CCCCN(CCN1CCOCC1)c1cc(CC=O)cc(S(N)=O)c1.CO.c1ccccc1. The molecule has 1 unspecified atom stereocenters. The molecule has 1 saturated heterocycles. The number of benzene rings is 2. The van der Waals surface area contributed by atoms with Crippen molar-refractivity contribution >= 4 is 23.0 Å². The van der Waals surface area contributed by atoms with E-state index in [1.165, 1.54) is 0 Å². The highest BCUT2D eigenvalue weighted by atomic mass is 32.2. The Morgan fingerprint density at radius 3 is 2.18 bits per heavy atom. The van der Waals surface area contributed by atoms with Crippen LogP contribution in [0.3, 0.4) is 0 Å². The largest absolute Gasteiger partial charge is 0.400 e. The molecular formula is C25H39N3O4S. The first-order valence-corrected chi connectivity index (χ1v) is 12.6. The van der Waals surface area contributed by atoms with Crippen molar-refractivity contribution in [3.8, 4) is 0 Å². The molecule has 0 amide bonds. The molecule has 1 heterocycles. The fourth-order valence-corrected chi connectivity index (χ4v) is 3.85. The van der Waals surface area contributed by atoms with Crippen LogP contribution in [-0.4, -0.2) is 73.5 Å². The molecule has 1 fully saturated rings. The number of nitrogens with zero attached hydrogens (tertiary/aromatic N) is 2. The summed E-state index contributed by atoms with van der Waals surface area (Å²) in [5, 5.41) is 12.6. The predicted molar refractivity (Wildman–Crippen MR) is 136 cm³/mol. The Balaban J connectivity index is 0.000000578. The lowest BCUT2D eigenvalue weighted by molar-refractivity contribution is -0.107. The second-order valence-electron chi connectivity index (χ2n) is 7.45. The normalized spacial score (nSPS) is 14.2. The number of anilines is 1. The Kier molecular flexibility index (Phi) is 16.1. The number of morpholine rings is 1. The van der Waals surface area contributed by atoms with E-state index < -0.39 is 11.0 Å². The highest BCUT2D eigenvalue weighted by Crippen LogP contribution is 2.22. The number of carbonyl (C=O) groups excluding carboxylic acids is 1. The molecule has 0 bridgehead atoms. The average Bonchev–Trinajstić information content (AvgIpc) is 2.87. The maximum atomic E-state index is 11.8. The Bertz CT molecular complexity index is 760. The van der Waals surface area contributed by atoms with Crippen molar-refractivity contribution in [1.29, 1.82) is 0 Å². The molecule has 3 N–H and O–H groups in total. The molecule has 3 rings (SSSR count). The lowest BCUT2D eigenvalue weighted by Gasteiger charge is -2.31. The molecule has 184 valence electrons. The Hall–Kier alpha value is -2.10. The standard InChI is InChI=1S/C18H29N3O3S.C6H6.CH4O/c1-2-3-5-21(7-6-20-8-11-24-12-9-20)17-13-16(4-10-22)14-18(15-17)25(19)23;1-2-4-6-5-3-1;1-2/h10,13-15H,2-9,11-12,19H2,1H3;1-6H;2H,1H3. The zero-order valence-electron chi connectivity index (χ0n) is 19.9. The van der Waals surface area contributed by atoms with Crippen molar-refractivity contribution in [2.24, 2.45) is 5.14 Å². The molecule has 1 aliphatic heterocycles. The summed E-state index contributed by atoms with van der Waals surface area (Å²) in [5.74, 6) is 0. The minimum Gasteiger partial charge on any atom is -0.400 e. The highest BCUT2D eigenvalue weighted by Gasteiger charge is 2.14. The van der Waals surface area contributed by atoms with Crippen LogP contribution < -0.4 is 10.0 Å². The van der Waals surface area contributed by atoms with E-state index in [1.54, 1.807) is 6.07 Å². The van der Waals surface area contributed by atoms with Crippen molar-refractivity contribution in [3.63, 3.8) is 0 Å². The fraction of sp³-hybridized carbons (Fsp3) is 0.480. The van der Waals surface area contributed by atoms with E-state index in [-0.39, 0.29) is 0 Å². The number of hydrogen-bond acceptors (Lipinski definition) is 6. The molecular weight excluding hydrogens is 438 g/mol. The zero-order valence-corrected chi connectivity index (χ0v) is 20.7. The first-order valence-electron chi connectivity index (χ1n) is 11.4. The summed E-state index contributed by atoms with van der Waals surface area (Å²) in [6.45, 7) is 8.47. The minimum atomic E-state index is -1.55. The average molecular weight is 478 g/mol. The maximum Gasteiger partial charge on any atom is 0.124 e. The molecule has 7 nitrogen and oxygen atoms in total. The summed E-state index contributed by atoms with van der Waals surface area (Å²) >= 11 is 0. The monoisotopic (exact) mass is 477 g/mol. The maximum absolute atomic E-state index is 11.8. The second kappa shape index (κ2) is 18.3. The van der Waals surface area contributed by atoms with Gasteiger partial charge in [0.15, 0.2) is 0 Å². The Morgan fingerprint density at radius 2 is 1.67 bits per heavy atom. The molecule has 2 aromatic rings. The summed E-state index contributed by atoms with van der Waals surface area (Å²) < 4.78 is 17.2. The minimum absolute atomic E-state index is 0.309. The Labute approximate surface area is 201 Å². The summed E-state index contributed by atoms with van der Waals surface area (Å²) in [6, 6.07) is 17.7. The van der Waals surface area contributed by atoms with Gasteiger partial charge >= 0.3 is 0 Å². The van der Waals surface area contributed by atoms with E-state index in [4.69, 9.17) is 15.0 Å². The number of unbranched alkanes of at least 4 members (excludes halogenated alkanes) is 1. The van der Waals surface area contributed by atoms with E-state index >= 15 is 0 Å². The van der Waals surface area contributed by atoms with Crippen molar-refractivity contribution in [2.45, 2.75) is 31.1 Å². The number of aliphatic hydroxyl groups excluding tert-OH is 1. The van der Waals surface area contributed by atoms with Gasteiger partial charge in [-0.3, -0.25) is 4.90 Å². The van der Waals surface area contributed by atoms with Crippen molar-refractivity contribution in [3.05, 3.63) is 60.2 Å². The van der Waals surface area contributed by atoms with Crippen LogP contribution in [0.2, 0.25) is 0 Å². The van der Waals surface area contributed by atoms with Crippen LogP contribution in [0.5, 0.6) is 0 Å². The number of rotatable bonds is 10. The van der Waals surface area contributed by atoms with Gasteiger partial charge in [-0.05, 0) is 30.2 Å². The van der Waals surface area contributed by atoms with Gasteiger partial charge in [0.05, 0.1) is 18.1 Å². The smallest absolute Gasteiger partial charge is 0.124 e. The number of hydrogen-bond donors (Lipinski definition) is 2. The van der Waals surface area contributed by atoms with Gasteiger partial charge in [0.1, 0.15) is 17.3 Å². The van der Waals surface area contributed by atoms with E-state index in [0.717, 1.165) is 83.4 Å². The van der Waals surface area contributed by atoms with Crippen molar-refractivity contribution in [2.75, 3.05) is 57.9 Å². The van der Waals surface area contributed by atoms with Crippen LogP contribution in [0.15, 0.2) is 59.5 Å². The zero-order chi connectivity index (χ0) is 24.3. The van der Waals surface area contributed by atoms with Crippen molar-refractivity contribution in [1.82, 2.24) is 4.90 Å². The summed E-state index contributed by atoms with van der Waals surface area (Å²) in [6.07, 6.45) is 3.37. The quantitative estimate of drug-likeness (QED) is 0.511. The molecule has 0 aromatic heterocycles. The van der Waals surface area contributed by atoms with Gasteiger partial charge in [-0.15, -0.1) is 0 Å². The molecule has 33 heavy (non-hydrogen) atoms. The van der Waals surface area contributed by atoms with Crippen LogP contribution in [0.1, 0.15) is 25.3 Å². The number of aliphatic hydroxyl groups is 1. The van der Waals surface area contributed by atoms with E-state index in [0.29, 0.717) is 11.3 Å². The molecule has 8 heteroatoms. The highest BCUT2D eigenvalue weighted by molar-refractivity contribution is 7.82. The van der Waals surface area contributed by atoms with E-state index in [9.17, 15) is 9.00 Å². The predicted octanol–water partition coefficient (Wildman–Crippen LogP) is 2.64. The second-order valence-corrected chi connectivity index (χ2v) is 8.52. The lowest BCUT2D eigenvalue weighted by Crippen LogP contribution is -2.41. The van der Waals surface area contributed by atoms with Crippen LogP contribution in [0.4, 0.5) is 5.69 Å². The number of ether oxygens (including phenoxy) is 1. The third-order valence-electron chi connectivity index (χ3n) is 5.11. The third-order valence-corrected chi connectivity index (χ3v) is 5.81. The van der Waals surface area contributed by atoms with Gasteiger partial charge in [-0.1, -0.05) is 49.7 Å². The fourth-order valence-electron chi connectivity index (χ4n) is 3.35. The topological polar surface area (TPSA) is 96.1 Å². The van der Waals surface area contributed by atoms with Gasteiger partial charge in [0, 0.05) is 51.9 Å². The van der Waals surface area contributed by atoms with Crippen LogP contribution >= 0.6 is 0 Å². The van der Waals surface area contributed by atoms with Crippen LogP contribution in [0.25, 0.3) is 0 Å². The van der Waals surface area contributed by atoms with E-state index in [1.807, 2.05) is 48.5 Å². The summed E-state index contributed by atoms with van der Waals surface area (Å²) in [4.78, 5) is 16.2. The summed E-state index contributed by atoms with van der Waals surface area (Å²) in [5.41, 5.74) is 1.85. The van der Waals surface area contributed by atoms with Gasteiger partial charge in [0.2, 0.25) is 0 Å². The Morgan fingerprint density at radius 1 is 1.06 bits per heavy atom. The number of carbonyl (C=O) groups is 1. The number of nitrogens with two attached hydrogens (primary N) is 1. The lowest BCUT2D eigenvalue weighted by atomic mass is 10.1. The van der Waals surface area contributed by atoms with E-state index in [2.05, 4.69) is 16.7 Å². The molecule has 1 aliphatic rings. The van der Waals surface area contributed by atoms with Gasteiger partial charge in [-0.2, -0.15) is 0 Å². The summed E-state index contributed by atoms with van der Waals surface area (Å²) in [7, 11) is -0.553. The third kappa shape index (κ3) is 12.1.